The quantitative estimate of drug-likeness (QED) is 0.720. The Morgan fingerprint density at radius 2 is 2.12 bits per heavy atom. The van der Waals surface area contributed by atoms with E-state index < -0.39 is 4.87 Å². The molecule has 0 aliphatic carbocycles. The van der Waals surface area contributed by atoms with Crippen LogP contribution in [0.3, 0.4) is 0 Å². The van der Waals surface area contributed by atoms with Gasteiger partial charge in [0, 0.05) is 18.5 Å². The number of dihydropyridines is 1. The fourth-order valence-electron chi connectivity index (χ4n) is 2.87. The normalized spacial score (nSPS) is 23.2. The Balaban J connectivity index is 2.13. The third-order valence-corrected chi connectivity index (χ3v) is 5.12. The zero-order chi connectivity index (χ0) is 19.2. The minimum atomic E-state index is -0.801. The third kappa shape index (κ3) is 5.72. The predicted molar refractivity (Wildman–Crippen MR) is 108 cm³/mol. The number of rotatable bonds is 5. The van der Waals surface area contributed by atoms with Gasteiger partial charge >= 0.3 is 0 Å². The van der Waals surface area contributed by atoms with Crippen LogP contribution in [0.2, 0.25) is 0 Å². The van der Waals surface area contributed by atoms with Crippen LogP contribution in [0.4, 0.5) is 0 Å². The molecule has 0 aromatic rings. The standard InChI is InChI=1S/C20H31N3O2S/c1-6-26-20(18(24)21-9-7-8-19(3,4)5)15-16(2)14-17(22-20)23-10-12-25-13-11-23/h14-15,22H,6,9-13H2,1-5H3,(H,21,24). The molecule has 6 heteroatoms. The molecule has 0 aromatic heterocycles. The van der Waals surface area contributed by atoms with E-state index >= 15 is 0 Å². The van der Waals surface area contributed by atoms with E-state index in [-0.39, 0.29) is 11.3 Å². The molecule has 2 heterocycles. The van der Waals surface area contributed by atoms with Gasteiger partial charge in [-0.1, -0.05) is 18.8 Å². The molecular formula is C20H31N3O2S. The molecule has 144 valence electrons. The van der Waals surface area contributed by atoms with E-state index in [9.17, 15) is 4.79 Å². The van der Waals surface area contributed by atoms with Gasteiger partial charge in [0.2, 0.25) is 0 Å². The van der Waals surface area contributed by atoms with Gasteiger partial charge in [-0.3, -0.25) is 4.79 Å². The van der Waals surface area contributed by atoms with Gasteiger partial charge in [0.05, 0.1) is 19.8 Å². The molecule has 0 radical (unpaired) electrons. The highest BCUT2D eigenvalue weighted by Crippen LogP contribution is 2.31. The highest BCUT2D eigenvalue weighted by molar-refractivity contribution is 8.01. The summed E-state index contributed by atoms with van der Waals surface area (Å²) < 4.78 is 5.45. The molecule has 1 fully saturated rings. The lowest BCUT2D eigenvalue weighted by atomic mass is 9.98. The van der Waals surface area contributed by atoms with Crippen LogP contribution in [0.25, 0.3) is 0 Å². The van der Waals surface area contributed by atoms with Gasteiger partial charge in [-0.05, 0) is 51.2 Å². The van der Waals surface area contributed by atoms with Gasteiger partial charge in [-0.25, -0.2) is 0 Å². The third-order valence-electron chi connectivity index (χ3n) is 3.97. The summed E-state index contributed by atoms with van der Waals surface area (Å²) in [6, 6.07) is 0. The molecule has 0 saturated carbocycles. The Bertz CT molecular complexity index is 634. The van der Waals surface area contributed by atoms with E-state index in [2.05, 4.69) is 61.1 Å². The van der Waals surface area contributed by atoms with Crippen molar-refractivity contribution >= 4 is 17.7 Å². The highest BCUT2D eigenvalue weighted by atomic mass is 32.2. The van der Waals surface area contributed by atoms with Crippen molar-refractivity contribution in [3.05, 3.63) is 23.5 Å². The Morgan fingerprint density at radius 3 is 2.73 bits per heavy atom. The smallest absolute Gasteiger partial charge is 0.261 e. The maximum Gasteiger partial charge on any atom is 0.261 e. The minimum absolute atomic E-state index is 0.0502. The first-order chi connectivity index (χ1) is 12.3. The summed E-state index contributed by atoms with van der Waals surface area (Å²) in [6.07, 6.45) is 4.12. The molecule has 1 unspecified atom stereocenters. The maximum absolute atomic E-state index is 13.0. The number of nitrogens with zero attached hydrogens (tertiary/aromatic N) is 1. The van der Waals surface area contributed by atoms with Crippen molar-refractivity contribution in [1.29, 1.82) is 0 Å². The summed E-state index contributed by atoms with van der Waals surface area (Å²) in [7, 11) is 0. The number of carbonyl (C=O) groups is 1. The number of nitrogens with one attached hydrogen (secondary N) is 2. The van der Waals surface area contributed by atoms with Gasteiger partial charge in [0.15, 0.2) is 4.87 Å². The Kier molecular flexibility index (Phi) is 7.08. The predicted octanol–water partition coefficient (Wildman–Crippen LogP) is 2.32. The summed E-state index contributed by atoms with van der Waals surface area (Å²) in [5, 5.41) is 6.47. The number of hydrogen-bond acceptors (Lipinski definition) is 5. The minimum Gasteiger partial charge on any atom is -0.378 e. The molecule has 0 bridgehead atoms. The lowest BCUT2D eigenvalue weighted by Gasteiger charge is -2.40. The van der Waals surface area contributed by atoms with Crippen molar-refractivity contribution in [3.8, 4) is 11.8 Å². The zero-order valence-corrected chi connectivity index (χ0v) is 17.4. The van der Waals surface area contributed by atoms with E-state index in [0.29, 0.717) is 19.8 Å². The lowest BCUT2D eigenvalue weighted by molar-refractivity contribution is -0.122. The zero-order valence-electron chi connectivity index (χ0n) is 16.6. The van der Waals surface area contributed by atoms with Gasteiger partial charge in [-0.15, -0.1) is 11.8 Å². The number of morpholine rings is 1. The second-order valence-corrected chi connectivity index (χ2v) is 9.06. The van der Waals surface area contributed by atoms with Crippen LogP contribution in [-0.4, -0.2) is 54.3 Å². The first kappa shape index (κ1) is 20.7. The van der Waals surface area contributed by atoms with E-state index in [1.807, 2.05) is 13.0 Å². The van der Waals surface area contributed by atoms with Gasteiger partial charge in [-0.2, -0.15) is 0 Å². The molecule has 1 saturated heterocycles. The molecule has 2 rings (SSSR count). The van der Waals surface area contributed by atoms with Crippen LogP contribution < -0.4 is 10.6 Å². The van der Waals surface area contributed by atoms with E-state index in [1.54, 1.807) is 11.8 Å². The molecule has 1 atom stereocenters. The topological polar surface area (TPSA) is 53.6 Å². The van der Waals surface area contributed by atoms with E-state index in [1.165, 1.54) is 0 Å². The van der Waals surface area contributed by atoms with Crippen molar-refractivity contribution in [2.75, 3.05) is 38.6 Å². The van der Waals surface area contributed by atoms with Crippen molar-refractivity contribution in [2.45, 2.75) is 39.5 Å². The molecule has 2 aliphatic rings. The molecule has 1 amide bonds. The van der Waals surface area contributed by atoms with Crippen LogP contribution >= 0.6 is 11.8 Å². The molecule has 0 spiro atoms. The second kappa shape index (κ2) is 8.88. The molecule has 2 aliphatic heterocycles. The summed E-state index contributed by atoms with van der Waals surface area (Å²) in [4.78, 5) is 14.5. The van der Waals surface area contributed by atoms with E-state index in [0.717, 1.165) is 30.2 Å². The van der Waals surface area contributed by atoms with E-state index in [4.69, 9.17) is 4.74 Å². The largest absolute Gasteiger partial charge is 0.378 e. The van der Waals surface area contributed by atoms with Crippen LogP contribution in [0.1, 0.15) is 34.6 Å². The SMILES string of the molecule is CCSC1(C(=O)NCC#CC(C)(C)C)C=C(C)C=C(N2CCOCC2)N1. The summed E-state index contributed by atoms with van der Waals surface area (Å²) >= 11 is 1.60. The van der Waals surface area contributed by atoms with Gasteiger partial charge in [0.1, 0.15) is 5.82 Å². The number of amides is 1. The van der Waals surface area contributed by atoms with Crippen molar-refractivity contribution in [3.63, 3.8) is 0 Å². The number of ether oxygens (including phenoxy) is 1. The Morgan fingerprint density at radius 1 is 1.42 bits per heavy atom. The maximum atomic E-state index is 13.0. The monoisotopic (exact) mass is 377 g/mol. The van der Waals surface area contributed by atoms with Gasteiger partial charge < -0.3 is 20.3 Å². The summed E-state index contributed by atoms with van der Waals surface area (Å²) in [5.74, 6) is 7.98. The van der Waals surface area contributed by atoms with Crippen LogP contribution in [-0.2, 0) is 9.53 Å². The van der Waals surface area contributed by atoms with Crippen LogP contribution in [0, 0.1) is 17.3 Å². The Hall–Kier alpha value is -1.58. The fraction of sp³-hybridized carbons (Fsp3) is 0.650. The first-order valence-electron chi connectivity index (χ1n) is 9.20. The number of carbonyl (C=O) groups excluding carboxylic acids is 1. The average Bonchev–Trinajstić information content (AvgIpc) is 2.58. The average molecular weight is 378 g/mol. The van der Waals surface area contributed by atoms with Crippen LogP contribution in [0.5, 0.6) is 0 Å². The number of allylic oxidation sites excluding steroid dienone is 2. The Labute approximate surface area is 162 Å². The molecule has 2 N–H and O–H groups in total. The van der Waals surface area contributed by atoms with Crippen molar-refractivity contribution < 1.29 is 9.53 Å². The molecule has 0 aromatic carbocycles. The molecular weight excluding hydrogens is 346 g/mol. The summed E-state index contributed by atoms with van der Waals surface area (Å²) in [6.45, 7) is 13.7. The van der Waals surface area contributed by atoms with Gasteiger partial charge in [0.25, 0.3) is 5.91 Å². The number of thioether (sulfide) groups is 1. The highest BCUT2D eigenvalue weighted by Gasteiger charge is 2.39. The van der Waals surface area contributed by atoms with Crippen molar-refractivity contribution in [2.24, 2.45) is 5.41 Å². The van der Waals surface area contributed by atoms with Crippen LogP contribution in [0.15, 0.2) is 23.5 Å². The molecule has 5 nitrogen and oxygen atoms in total. The number of hydrogen-bond donors (Lipinski definition) is 2. The van der Waals surface area contributed by atoms with Crippen molar-refractivity contribution in [1.82, 2.24) is 15.5 Å². The first-order valence-corrected chi connectivity index (χ1v) is 10.2. The fourth-order valence-corrected chi connectivity index (χ4v) is 3.98. The lowest BCUT2D eigenvalue weighted by Crippen LogP contribution is -2.57. The summed E-state index contributed by atoms with van der Waals surface area (Å²) in [5.41, 5.74) is 1.02. The molecule has 26 heavy (non-hydrogen) atoms. The second-order valence-electron chi connectivity index (χ2n) is 7.55.